The summed E-state index contributed by atoms with van der Waals surface area (Å²) < 4.78 is 5.70. The van der Waals surface area contributed by atoms with Gasteiger partial charge in [0.2, 0.25) is 5.91 Å². The summed E-state index contributed by atoms with van der Waals surface area (Å²) in [6.07, 6.45) is 10.4. The zero-order valence-corrected chi connectivity index (χ0v) is 11.2. The molecule has 3 rings (SSSR count). The molecule has 102 valence electrons. The summed E-state index contributed by atoms with van der Waals surface area (Å²) in [6.45, 7) is 2.38. The van der Waals surface area contributed by atoms with Gasteiger partial charge < -0.3 is 9.64 Å². The highest BCUT2D eigenvalue weighted by molar-refractivity contribution is 5.88. The maximum absolute atomic E-state index is 11.9. The van der Waals surface area contributed by atoms with Crippen molar-refractivity contribution in [3.8, 4) is 0 Å². The molecule has 0 radical (unpaired) electrons. The molecule has 1 aliphatic carbocycles. The number of esters is 1. The molecule has 4 nitrogen and oxygen atoms in total. The second-order valence-corrected chi connectivity index (χ2v) is 5.58. The molecule has 0 spiro atoms. The quantitative estimate of drug-likeness (QED) is 0.678. The van der Waals surface area contributed by atoms with Crippen molar-refractivity contribution in [3.63, 3.8) is 0 Å². The van der Waals surface area contributed by atoms with E-state index in [4.69, 9.17) is 4.74 Å². The van der Waals surface area contributed by atoms with Crippen LogP contribution in [0.3, 0.4) is 0 Å². The minimum absolute atomic E-state index is 0.00130. The number of hydrogen-bond donors (Lipinski definition) is 0. The Hall–Kier alpha value is -1.58. The predicted octanol–water partition coefficient (Wildman–Crippen LogP) is 1.96. The van der Waals surface area contributed by atoms with E-state index in [1.54, 1.807) is 13.0 Å². The van der Waals surface area contributed by atoms with E-state index in [2.05, 4.69) is 6.08 Å². The smallest absolute Gasteiger partial charge is 0.332 e. The zero-order chi connectivity index (χ0) is 13.5. The minimum Gasteiger partial charge on any atom is -0.449 e. The lowest BCUT2D eigenvalue weighted by Crippen LogP contribution is -2.57. The lowest BCUT2D eigenvalue weighted by molar-refractivity contribution is -0.159. The van der Waals surface area contributed by atoms with Crippen LogP contribution >= 0.6 is 0 Å². The first-order valence-corrected chi connectivity index (χ1v) is 7.02. The van der Waals surface area contributed by atoms with Crippen LogP contribution in [-0.4, -0.2) is 35.0 Å². The number of piperidine rings is 1. The summed E-state index contributed by atoms with van der Waals surface area (Å²) in [7, 11) is 0. The van der Waals surface area contributed by atoms with Crippen LogP contribution in [0, 0.1) is 0 Å². The van der Waals surface area contributed by atoms with Crippen LogP contribution in [0.1, 0.15) is 39.0 Å². The van der Waals surface area contributed by atoms with Gasteiger partial charge in [-0.25, -0.2) is 4.79 Å². The Labute approximate surface area is 113 Å². The number of carbonyl (C=O) groups excluding carboxylic acids is 2. The van der Waals surface area contributed by atoms with Gasteiger partial charge in [-0.05, 0) is 32.1 Å². The van der Waals surface area contributed by atoms with E-state index in [-0.39, 0.29) is 17.9 Å². The highest BCUT2D eigenvalue weighted by Crippen LogP contribution is 2.44. The van der Waals surface area contributed by atoms with Gasteiger partial charge in [-0.2, -0.15) is 0 Å². The van der Waals surface area contributed by atoms with Crippen LogP contribution in [0.5, 0.6) is 0 Å². The summed E-state index contributed by atoms with van der Waals surface area (Å²) in [5.41, 5.74) is 0.361. The second-order valence-electron chi connectivity index (χ2n) is 5.58. The minimum atomic E-state index is -0.585. The molecule has 19 heavy (non-hydrogen) atoms. The first-order chi connectivity index (χ1) is 9.13. The van der Waals surface area contributed by atoms with E-state index in [1.165, 1.54) is 0 Å². The van der Waals surface area contributed by atoms with E-state index in [0.717, 1.165) is 44.2 Å². The average Bonchev–Trinajstić information content (AvgIpc) is 2.75. The molecule has 2 atom stereocenters. The molecule has 1 fully saturated rings. The Morgan fingerprint density at radius 2 is 2.32 bits per heavy atom. The first kappa shape index (κ1) is 12.5. The number of rotatable bonds is 1. The molecule has 0 saturated carbocycles. The highest BCUT2D eigenvalue weighted by Gasteiger charge is 2.52. The van der Waals surface area contributed by atoms with Crippen LogP contribution in [-0.2, 0) is 14.3 Å². The SMILES string of the molecule is CC(=O)N1CCCCC1C12CCC=CC1=CC(=O)O2. The fraction of sp³-hybridized carbons (Fsp3) is 0.600. The van der Waals surface area contributed by atoms with Crippen LogP contribution < -0.4 is 0 Å². The molecule has 0 aromatic heterocycles. The Balaban J connectivity index is 1.98. The molecule has 1 amide bonds. The van der Waals surface area contributed by atoms with E-state index in [1.807, 2.05) is 11.0 Å². The number of fused-ring (bicyclic) bond motifs is 1. The van der Waals surface area contributed by atoms with Crippen molar-refractivity contribution in [1.29, 1.82) is 0 Å². The van der Waals surface area contributed by atoms with E-state index >= 15 is 0 Å². The van der Waals surface area contributed by atoms with Gasteiger partial charge in [0.1, 0.15) is 0 Å². The third kappa shape index (κ3) is 1.90. The largest absolute Gasteiger partial charge is 0.449 e. The summed E-state index contributed by atoms with van der Waals surface area (Å²) in [6, 6.07) is 0.00130. The molecule has 2 heterocycles. The maximum Gasteiger partial charge on any atom is 0.332 e. The molecule has 2 aliphatic heterocycles. The summed E-state index contributed by atoms with van der Waals surface area (Å²) >= 11 is 0. The third-order valence-electron chi connectivity index (χ3n) is 4.47. The zero-order valence-electron chi connectivity index (χ0n) is 11.2. The van der Waals surface area contributed by atoms with Gasteiger partial charge >= 0.3 is 5.97 Å². The van der Waals surface area contributed by atoms with E-state index in [9.17, 15) is 9.59 Å². The number of likely N-dealkylation sites (tertiary alicyclic amines) is 1. The number of allylic oxidation sites excluding steroid dienone is 1. The highest BCUT2D eigenvalue weighted by atomic mass is 16.6. The Morgan fingerprint density at radius 3 is 3.11 bits per heavy atom. The van der Waals surface area contributed by atoms with Gasteiger partial charge in [0, 0.05) is 25.1 Å². The standard InChI is InChI=1S/C15H19NO3/c1-11(17)16-9-5-3-7-13(16)15-8-4-2-6-12(15)10-14(18)19-15/h2,6,10,13H,3-5,7-9H2,1H3. The van der Waals surface area contributed by atoms with Gasteiger partial charge in [0.25, 0.3) is 0 Å². The Bertz CT molecular complexity index is 480. The van der Waals surface area contributed by atoms with Crippen LogP contribution in [0.15, 0.2) is 23.8 Å². The molecule has 1 saturated heterocycles. The van der Waals surface area contributed by atoms with Crippen LogP contribution in [0.2, 0.25) is 0 Å². The van der Waals surface area contributed by atoms with E-state index in [0.29, 0.717) is 0 Å². The second kappa shape index (κ2) is 4.51. The Kier molecular flexibility index (Phi) is 2.96. The van der Waals surface area contributed by atoms with Gasteiger partial charge in [0.05, 0.1) is 6.04 Å². The molecular formula is C15H19NO3. The van der Waals surface area contributed by atoms with E-state index < -0.39 is 5.60 Å². The van der Waals surface area contributed by atoms with Crippen molar-refractivity contribution in [2.45, 2.75) is 50.7 Å². The molecule has 2 unspecified atom stereocenters. The molecular weight excluding hydrogens is 242 g/mol. The van der Waals surface area contributed by atoms with Crippen molar-refractivity contribution in [3.05, 3.63) is 23.8 Å². The summed E-state index contributed by atoms with van der Waals surface area (Å²) in [4.78, 5) is 25.5. The molecule has 0 N–H and O–H groups in total. The molecule has 4 heteroatoms. The van der Waals surface area contributed by atoms with Crippen LogP contribution in [0.25, 0.3) is 0 Å². The lowest BCUT2D eigenvalue weighted by Gasteiger charge is -2.47. The molecule has 0 aromatic rings. The molecule has 0 aromatic carbocycles. The Morgan fingerprint density at radius 1 is 1.47 bits per heavy atom. The normalized spacial score (nSPS) is 33.7. The number of amides is 1. The van der Waals surface area contributed by atoms with Crippen LogP contribution in [0.4, 0.5) is 0 Å². The summed E-state index contributed by atoms with van der Waals surface area (Å²) in [5.74, 6) is -0.188. The molecule has 0 bridgehead atoms. The molecule has 3 aliphatic rings. The van der Waals surface area contributed by atoms with Crippen molar-refractivity contribution in [2.75, 3.05) is 6.54 Å². The lowest BCUT2D eigenvalue weighted by atomic mass is 9.75. The van der Waals surface area contributed by atoms with Crippen molar-refractivity contribution in [2.24, 2.45) is 0 Å². The fourth-order valence-electron chi connectivity index (χ4n) is 3.63. The maximum atomic E-state index is 11.9. The summed E-state index contributed by atoms with van der Waals surface area (Å²) in [5, 5.41) is 0. The van der Waals surface area contributed by atoms with Crippen molar-refractivity contribution >= 4 is 11.9 Å². The number of carbonyl (C=O) groups is 2. The van der Waals surface area contributed by atoms with Crippen molar-refractivity contribution in [1.82, 2.24) is 4.90 Å². The number of nitrogens with zero attached hydrogens (tertiary/aromatic N) is 1. The first-order valence-electron chi connectivity index (χ1n) is 7.02. The van der Waals surface area contributed by atoms with Gasteiger partial charge in [-0.1, -0.05) is 12.2 Å². The average molecular weight is 261 g/mol. The van der Waals surface area contributed by atoms with Gasteiger partial charge in [0.15, 0.2) is 5.60 Å². The van der Waals surface area contributed by atoms with Gasteiger partial charge in [-0.3, -0.25) is 4.79 Å². The number of ether oxygens (including phenoxy) is 1. The predicted molar refractivity (Wildman–Crippen MR) is 70.3 cm³/mol. The van der Waals surface area contributed by atoms with Gasteiger partial charge in [-0.15, -0.1) is 0 Å². The van der Waals surface area contributed by atoms with Crippen molar-refractivity contribution < 1.29 is 14.3 Å². The number of hydrogen-bond acceptors (Lipinski definition) is 3. The topological polar surface area (TPSA) is 46.6 Å². The fourth-order valence-corrected chi connectivity index (χ4v) is 3.63. The third-order valence-corrected chi connectivity index (χ3v) is 4.47. The monoisotopic (exact) mass is 261 g/mol.